The number of nitrogens with one attached hydrogen (secondary N) is 1. The Morgan fingerprint density at radius 1 is 1.43 bits per heavy atom. The zero-order valence-corrected chi connectivity index (χ0v) is 13.4. The molecule has 0 radical (unpaired) electrons. The van der Waals surface area contributed by atoms with Crippen molar-refractivity contribution in [3.63, 3.8) is 0 Å². The summed E-state index contributed by atoms with van der Waals surface area (Å²) in [6, 6.07) is 5.21. The number of ether oxygens (including phenoxy) is 1. The molecule has 0 amide bonds. The van der Waals surface area contributed by atoms with Gasteiger partial charge >= 0.3 is 0 Å². The van der Waals surface area contributed by atoms with E-state index in [2.05, 4.69) is 11.6 Å². The number of nitrogens with two attached hydrogens (primary N) is 1. The summed E-state index contributed by atoms with van der Waals surface area (Å²) in [4.78, 5) is 0.326. The van der Waals surface area contributed by atoms with Crippen molar-refractivity contribution in [1.82, 2.24) is 4.72 Å². The van der Waals surface area contributed by atoms with Gasteiger partial charge in [0.1, 0.15) is 0 Å². The van der Waals surface area contributed by atoms with Crippen molar-refractivity contribution in [2.24, 2.45) is 11.7 Å². The van der Waals surface area contributed by atoms with E-state index >= 15 is 0 Å². The lowest BCUT2D eigenvalue weighted by molar-refractivity contribution is 0.0884. The molecule has 0 spiro atoms. The molecule has 0 aromatic heterocycles. The molecule has 1 saturated heterocycles. The minimum absolute atomic E-state index is 0.161. The largest absolute Gasteiger partial charge is 0.378 e. The lowest BCUT2D eigenvalue weighted by Gasteiger charge is -2.18. The van der Waals surface area contributed by atoms with Gasteiger partial charge in [0.25, 0.3) is 0 Å². The van der Waals surface area contributed by atoms with Crippen LogP contribution in [0.2, 0.25) is 0 Å². The molecule has 3 N–H and O–H groups in total. The summed E-state index contributed by atoms with van der Waals surface area (Å²) < 4.78 is 33.2. The van der Waals surface area contributed by atoms with Crippen LogP contribution in [0.15, 0.2) is 23.1 Å². The molecular formula is C15H24N2O3S. The molecule has 2 rings (SSSR count). The fourth-order valence-corrected chi connectivity index (χ4v) is 4.13. The highest BCUT2D eigenvalue weighted by Crippen LogP contribution is 2.23. The average Bonchev–Trinajstić information content (AvgIpc) is 2.92. The fraction of sp³-hybridized carbons (Fsp3) is 0.600. The summed E-state index contributed by atoms with van der Waals surface area (Å²) in [6.45, 7) is 5.41. The molecule has 118 valence electrons. The van der Waals surface area contributed by atoms with Gasteiger partial charge in [0.15, 0.2) is 0 Å². The van der Waals surface area contributed by atoms with Crippen LogP contribution in [-0.2, 0) is 21.3 Å². The van der Waals surface area contributed by atoms with Gasteiger partial charge < -0.3 is 10.5 Å². The van der Waals surface area contributed by atoms with Crippen molar-refractivity contribution in [2.45, 2.75) is 44.2 Å². The van der Waals surface area contributed by atoms with Crippen molar-refractivity contribution in [3.05, 3.63) is 29.3 Å². The van der Waals surface area contributed by atoms with Crippen molar-refractivity contribution >= 4 is 10.0 Å². The summed E-state index contributed by atoms with van der Waals surface area (Å²) in [7, 11) is -3.48. The number of sulfonamides is 1. The zero-order chi connectivity index (χ0) is 15.5. The van der Waals surface area contributed by atoms with Crippen LogP contribution in [0, 0.1) is 12.8 Å². The predicted molar refractivity (Wildman–Crippen MR) is 82.4 cm³/mol. The second-order valence-electron chi connectivity index (χ2n) is 5.52. The van der Waals surface area contributed by atoms with E-state index in [4.69, 9.17) is 10.5 Å². The molecule has 0 bridgehead atoms. The molecule has 21 heavy (non-hydrogen) atoms. The fourth-order valence-electron chi connectivity index (χ4n) is 2.81. The van der Waals surface area contributed by atoms with Gasteiger partial charge in [-0.1, -0.05) is 19.1 Å². The number of rotatable bonds is 6. The van der Waals surface area contributed by atoms with Crippen molar-refractivity contribution in [1.29, 1.82) is 0 Å². The summed E-state index contributed by atoms with van der Waals surface area (Å²) in [5.74, 6) is 0.258. The Hall–Kier alpha value is -0.950. The standard InChI is InChI=1S/C15H24N2O3S/c1-3-14-13(6-7-20-14)10-17-21(18,19)15-5-4-12(9-16)8-11(15)2/h4-5,8,13-14,17H,3,6-7,9-10,16H2,1-2H3. The van der Waals surface area contributed by atoms with Gasteiger partial charge in [0.05, 0.1) is 11.0 Å². The van der Waals surface area contributed by atoms with E-state index in [9.17, 15) is 8.42 Å². The molecule has 2 unspecified atom stereocenters. The maximum atomic E-state index is 12.4. The monoisotopic (exact) mass is 312 g/mol. The first kappa shape index (κ1) is 16.4. The van der Waals surface area contributed by atoms with E-state index < -0.39 is 10.0 Å². The summed E-state index contributed by atoms with van der Waals surface area (Å²) in [5, 5.41) is 0. The highest BCUT2D eigenvalue weighted by molar-refractivity contribution is 7.89. The van der Waals surface area contributed by atoms with E-state index in [0.717, 1.165) is 30.6 Å². The Labute approximate surface area is 126 Å². The molecular weight excluding hydrogens is 288 g/mol. The lowest BCUT2D eigenvalue weighted by atomic mass is 10.0. The van der Waals surface area contributed by atoms with Crippen molar-refractivity contribution in [2.75, 3.05) is 13.2 Å². The maximum Gasteiger partial charge on any atom is 0.240 e. The van der Waals surface area contributed by atoms with Gasteiger partial charge in [-0.3, -0.25) is 0 Å². The van der Waals surface area contributed by atoms with Crippen LogP contribution in [-0.4, -0.2) is 27.7 Å². The van der Waals surface area contributed by atoms with Crippen LogP contribution < -0.4 is 10.5 Å². The third-order valence-corrected chi connectivity index (χ3v) is 5.63. The van der Waals surface area contributed by atoms with Crippen LogP contribution in [0.3, 0.4) is 0 Å². The molecule has 6 heteroatoms. The highest BCUT2D eigenvalue weighted by atomic mass is 32.2. The number of hydrogen-bond donors (Lipinski definition) is 2. The quantitative estimate of drug-likeness (QED) is 0.835. The normalized spacial score (nSPS) is 22.6. The molecule has 0 saturated carbocycles. The average molecular weight is 312 g/mol. The number of aryl methyl sites for hydroxylation is 1. The highest BCUT2D eigenvalue weighted by Gasteiger charge is 2.28. The molecule has 5 nitrogen and oxygen atoms in total. The number of benzene rings is 1. The van der Waals surface area contributed by atoms with Crippen LogP contribution in [0.1, 0.15) is 30.9 Å². The Kier molecular flexibility index (Phi) is 5.37. The molecule has 1 aliphatic heterocycles. The molecule has 0 aliphatic carbocycles. The van der Waals surface area contributed by atoms with Crippen LogP contribution >= 0.6 is 0 Å². The molecule has 1 heterocycles. The first-order chi connectivity index (χ1) is 9.97. The second-order valence-corrected chi connectivity index (χ2v) is 7.26. The Morgan fingerprint density at radius 2 is 2.19 bits per heavy atom. The van der Waals surface area contributed by atoms with Gasteiger partial charge in [-0.2, -0.15) is 0 Å². The van der Waals surface area contributed by atoms with E-state index in [0.29, 0.717) is 18.0 Å². The van der Waals surface area contributed by atoms with Crippen molar-refractivity contribution in [3.8, 4) is 0 Å². The van der Waals surface area contributed by atoms with Gasteiger partial charge in [-0.05, 0) is 37.0 Å². The molecule has 1 aliphatic rings. The SMILES string of the molecule is CCC1OCCC1CNS(=O)(=O)c1ccc(CN)cc1C. The Balaban J connectivity index is 2.08. The molecule has 1 aromatic rings. The van der Waals surface area contributed by atoms with Gasteiger partial charge in [0, 0.05) is 25.6 Å². The van der Waals surface area contributed by atoms with E-state index in [1.165, 1.54) is 0 Å². The second kappa shape index (κ2) is 6.87. The van der Waals surface area contributed by atoms with E-state index in [1.54, 1.807) is 19.1 Å². The first-order valence-electron chi connectivity index (χ1n) is 7.38. The topological polar surface area (TPSA) is 81.4 Å². The van der Waals surface area contributed by atoms with Gasteiger partial charge in [-0.15, -0.1) is 0 Å². The maximum absolute atomic E-state index is 12.4. The molecule has 1 fully saturated rings. The van der Waals surface area contributed by atoms with Crippen LogP contribution in [0.4, 0.5) is 0 Å². The number of hydrogen-bond acceptors (Lipinski definition) is 4. The van der Waals surface area contributed by atoms with Gasteiger partial charge in [0.2, 0.25) is 10.0 Å². The Morgan fingerprint density at radius 3 is 2.81 bits per heavy atom. The Bertz CT molecular complexity index is 587. The summed E-state index contributed by atoms with van der Waals surface area (Å²) in [5.41, 5.74) is 7.23. The first-order valence-corrected chi connectivity index (χ1v) is 8.87. The minimum Gasteiger partial charge on any atom is -0.378 e. The smallest absolute Gasteiger partial charge is 0.240 e. The predicted octanol–water partition coefficient (Wildman–Crippen LogP) is 1.55. The molecule has 2 atom stereocenters. The minimum atomic E-state index is -3.48. The third kappa shape index (κ3) is 3.83. The van der Waals surface area contributed by atoms with E-state index in [-0.39, 0.29) is 12.0 Å². The summed E-state index contributed by atoms with van der Waals surface area (Å²) >= 11 is 0. The third-order valence-electron chi connectivity index (χ3n) is 4.05. The van der Waals surface area contributed by atoms with Crippen LogP contribution in [0.25, 0.3) is 0 Å². The molecule has 1 aromatic carbocycles. The zero-order valence-electron chi connectivity index (χ0n) is 12.6. The van der Waals surface area contributed by atoms with E-state index in [1.807, 2.05) is 6.07 Å². The van der Waals surface area contributed by atoms with Gasteiger partial charge in [-0.25, -0.2) is 13.1 Å². The van der Waals surface area contributed by atoms with Crippen molar-refractivity contribution < 1.29 is 13.2 Å². The summed E-state index contributed by atoms with van der Waals surface area (Å²) in [6.07, 6.45) is 1.98. The lowest BCUT2D eigenvalue weighted by Crippen LogP contribution is -2.33. The van der Waals surface area contributed by atoms with Crippen LogP contribution in [0.5, 0.6) is 0 Å².